The molecule has 0 saturated heterocycles. The minimum atomic E-state index is 0.468. The Hall–Kier alpha value is -0.870. The summed E-state index contributed by atoms with van der Waals surface area (Å²) in [5.74, 6) is 0.890. The monoisotopic (exact) mass is 211 g/mol. The lowest BCUT2D eigenvalue weighted by molar-refractivity contribution is 0.268. The highest BCUT2D eigenvalue weighted by Gasteiger charge is 2.07. The third-order valence-corrected chi connectivity index (χ3v) is 2.53. The first-order chi connectivity index (χ1) is 7.26. The summed E-state index contributed by atoms with van der Waals surface area (Å²) in [5, 5.41) is 3.41. The average molecular weight is 211 g/mol. The molecule has 0 aliphatic carbocycles. The van der Waals surface area contributed by atoms with Gasteiger partial charge < -0.3 is 14.6 Å². The predicted molar refractivity (Wildman–Crippen MR) is 60.6 cm³/mol. The average Bonchev–Trinajstić information content (AvgIpc) is 2.75. The zero-order valence-corrected chi connectivity index (χ0v) is 9.86. The van der Waals surface area contributed by atoms with E-state index in [0.717, 1.165) is 31.9 Å². The second-order valence-corrected chi connectivity index (χ2v) is 3.74. The minimum Gasteiger partial charge on any atom is -0.447 e. The molecule has 15 heavy (non-hydrogen) atoms. The van der Waals surface area contributed by atoms with Crippen LogP contribution < -0.4 is 5.32 Å². The van der Waals surface area contributed by atoms with Gasteiger partial charge in [0, 0.05) is 12.6 Å². The number of hydrogen-bond donors (Lipinski definition) is 1. The van der Waals surface area contributed by atoms with Crippen molar-refractivity contribution in [3.05, 3.63) is 18.4 Å². The molecule has 1 rings (SSSR count). The fraction of sp³-hybridized carbons (Fsp3) is 0.727. The number of rotatable bonds is 7. The van der Waals surface area contributed by atoms with E-state index in [0.29, 0.717) is 6.04 Å². The Kier molecular flexibility index (Phi) is 5.36. The maximum absolute atomic E-state index is 5.15. The number of likely N-dealkylation sites (N-methyl/N-ethyl adjacent to an activating group) is 1. The summed E-state index contributed by atoms with van der Waals surface area (Å²) in [5.41, 5.74) is 0. The highest BCUT2D eigenvalue weighted by Crippen LogP contribution is 1.97. The summed E-state index contributed by atoms with van der Waals surface area (Å²) in [6.07, 6.45) is 3.21. The maximum atomic E-state index is 5.15. The number of nitrogens with zero attached hydrogens (tertiary/aromatic N) is 2. The molecule has 0 aliphatic heterocycles. The first-order valence-electron chi connectivity index (χ1n) is 5.59. The number of hydrogen-bond acceptors (Lipinski definition) is 4. The van der Waals surface area contributed by atoms with Crippen molar-refractivity contribution in [1.82, 2.24) is 15.2 Å². The summed E-state index contributed by atoms with van der Waals surface area (Å²) in [7, 11) is 0. The van der Waals surface area contributed by atoms with E-state index >= 15 is 0 Å². The molecule has 0 amide bonds. The summed E-state index contributed by atoms with van der Waals surface area (Å²) >= 11 is 0. The molecule has 1 aromatic heterocycles. The lowest BCUT2D eigenvalue weighted by Crippen LogP contribution is -2.38. The van der Waals surface area contributed by atoms with Gasteiger partial charge in [-0.05, 0) is 20.0 Å². The van der Waals surface area contributed by atoms with Gasteiger partial charge >= 0.3 is 0 Å². The van der Waals surface area contributed by atoms with Crippen LogP contribution in [0.25, 0.3) is 0 Å². The Balaban J connectivity index is 2.21. The van der Waals surface area contributed by atoms with E-state index < -0.39 is 0 Å². The third-order valence-electron chi connectivity index (χ3n) is 2.53. The Morgan fingerprint density at radius 1 is 1.47 bits per heavy atom. The molecule has 0 radical (unpaired) electrons. The third kappa shape index (κ3) is 4.44. The van der Waals surface area contributed by atoms with Crippen LogP contribution in [0.15, 0.2) is 17.0 Å². The molecular formula is C11H21N3O. The summed E-state index contributed by atoms with van der Waals surface area (Å²) in [6.45, 7) is 10.6. The first kappa shape index (κ1) is 12.2. The van der Waals surface area contributed by atoms with Gasteiger partial charge in [0.1, 0.15) is 5.76 Å². The predicted octanol–water partition coefficient (Wildman–Crippen LogP) is 1.49. The van der Waals surface area contributed by atoms with Crippen molar-refractivity contribution in [2.45, 2.75) is 33.4 Å². The molecule has 0 saturated carbocycles. The van der Waals surface area contributed by atoms with E-state index in [9.17, 15) is 0 Å². The van der Waals surface area contributed by atoms with Gasteiger partial charge in [0.05, 0.1) is 12.7 Å². The fourth-order valence-electron chi connectivity index (χ4n) is 1.54. The van der Waals surface area contributed by atoms with Crippen molar-refractivity contribution in [3.63, 3.8) is 0 Å². The summed E-state index contributed by atoms with van der Waals surface area (Å²) in [6, 6.07) is 0.468. The van der Waals surface area contributed by atoms with Gasteiger partial charge in [-0.3, -0.25) is 0 Å². The van der Waals surface area contributed by atoms with Gasteiger partial charge in [-0.2, -0.15) is 0 Å². The molecule has 4 nitrogen and oxygen atoms in total. The normalized spacial score (nSPS) is 13.3. The van der Waals surface area contributed by atoms with Crippen molar-refractivity contribution in [2.24, 2.45) is 0 Å². The SMILES string of the molecule is CCN(CC)CC(C)NCc1cnco1. The van der Waals surface area contributed by atoms with E-state index in [4.69, 9.17) is 4.42 Å². The molecular weight excluding hydrogens is 190 g/mol. The smallest absolute Gasteiger partial charge is 0.180 e. The molecule has 1 aromatic rings. The molecule has 0 aromatic carbocycles. The van der Waals surface area contributed by atoms with Crippen LogP contribution in [0.4, 0.5) is 0 Å². The van der Waals surface area contributed by atoms with Crippen LogP contribution in [0.1, 0.15) is 26.5 Å². The molecule has 4 heteroatoms. The molecule has 1 atom stereocenters. The summed E-state index contributed by atoms with van der Waals surface area (Å²) in [4.78, 5) is 6.28. The molecule has 0 bridgehead atoms. The van der Waals surface area contributed by atoms with Gasteiger partial charge in [-0.1, -0.05) is 13.8 Å². The zero-order chi connectivity index (χ0) is 11.1. The van der Waals surface area contributed by atoms with Crippen LogP contribution in [-0.2, 0) is 6.54 Å². The zero-order valence-electron chi connectivity index (χ0n) is 9.86. The first-order valence-corrected chi connectivity index (χ1v) is 5.59. The van der Waals surface area contributed by atoms with Crippen LogP contribution in [0.5, 0.6) is 0 Å². The van der Waals surface area contributed by atoms with E-state index in [2.05, 4.69) is 36.0 Å². The highest BCUT2D eigenvalue weighted by atomic mass is 16.3. The molecule has 1 heterocycles. The molecule has 0 aliphatic rings. The van der Waals surface area contributed by atoms with E-state index in [-0.39, 0.29) is 0 Å². The Morgan fingerprint density at radius 2 is 2.20 bits per heavy atom. The van der Waals surface area contributed by atoms with Gasteiger partial charge in [-0.25, -0.2) is 4.98 Å². The number of aromatic nitrogens is 1. The van der Waals surface area contributed by atoms with Crippen LogP contribution in [0.3, 0.4) is 0 Å². The van der Waals surface area contributed by atoms with Crippen LogP contribution in [0, 0.1) is 0 Å². The molecule has 1 N–H and O–H groups in total. The Labute approximate surface area is 91.7 Å². The van der Waals surface area contributed by atoms with Gasteiger partial charge in [0.2, 0.25) is 0 Å². The molecule has 0 spiro atoms. The van der Waals surface area contributed by atoms with Crippen molar-refractivity contribution in [1.29, 1.82) is 0 Å². The highest BCUT2D eigenvalue weighted by molar-refractivity contribution is 4.87. The second kappa shape index (κ2) is 6.58. The summed E-state index contributed by atoms with van der Waals surface area (Å²) < 4.78 is 5.15. The van der Waals surface area contributed by atoms with Crippen molar-refractivity contribution < 1.29 is 4.42 Å². The van der Waals surface area contributed by atoms with Crippen molar-refractivity contribution in [3.8, 4) is 0 Å². The minimum absolute atomic E-state index is 0.468. The quantitative estimate of drug-likeness (QED) is 0.742. The molecule has 1 unspecified atom stereocenters. The topological polar surface area (TPSA) is 41.3 Å². The maximum Gasteiger partial charge on any atom is 0.180 e. The van der Waals surface area contributed by atoms with Crippen LogP contribution in [0.2, 0.25) is 0 Å². The number of nitrogens with one attached hydrogen (secondary N) is 1. The lowest BCUT2D eigenvalue weighted by atomic mass is 10.3. The van der Waals surface area contributed by atoms with Crippen LogP contribution >= 0.6 is 0 Å². The number of oxazole rings is 1. The van der Waals surface area contributed by atoms with Gasteiger partial charge in [-0.15, -0.1) is 0 Å². The Bertz CT molecular complexity index is 244. The van der Waals surface area contributed by atoms with Gasteiger partial charge in [0.25, 0.3) is 0 Å². The second-order valence-electron chi connectivity index (χ2n) is 3.74. The van der Waals surface area contributed by atoms with E-state index in [1.165, 1.54) is 6.39 Å². The van der Waals surface area contributed by atoms with E-state index in [1.54, 1.807) is 6.20 Å². The van der Waals surface area contributed by atoms with Crippen molar-refractivity contribution >= 4 is 0 Å². The fourth-order valence-corrected chi connectivity index (χ4v) is 1.54. The largest absolute Gasteiger partial charge is 0.447 e. The van der Waals surface area contributed by atoms with Gasteiger partial charge in [0.15, 0.2) is 6.39 Å². The standard InChI is InChI=1S/C11H21N3O/c1-4-14(5-2)8-10(3)13-7-11-6-12-9-15-11/h6,9-10,13H,4-5,7-8H2,1-3H3. The van der Waals surface area contributed by atoms with E-state index in [1.807, 2.05) is 0 Å². The molecule has 0 fully saturated rings. The van der Waals surface area contributed by atoms with Crippen LogP contribution in [-0.4, -0.2) is 35.6 Å². The molecule has 86 valence electrons. The lowest BCUT2D eigenvalue weighted by Gasteiger charge is -2.23. The Morgan fingerprint density at radius 3 is 2.73 bits per heavy atom. The van der Waals surface area contributed by atoms with Crippen molar-refractivity contribution in [2.75, 3.05) is 19.6 Å².